The van der Waals surface area contributed by atoms with Gasteiger partial charge in [-0.2, -0.15) is 10.2 Å². The molecular formula is C46H37Cl7F2N4O4S. The van der Waals surface area contributed by atoms with Crippen LogP contribution in [0.5, 0.6) is 0 Å². The first-order valence-corrected chi connectivity index (χ1v) is 24.6. The fourth-order valence-electron chi connectivity index (χ4n) is 7.64. The summed E-state index contributed by atoms with van der Waals surface area (Å²) in [7, 11) is 7.36. The summed E-state index contributed by atoms with van der Waals surface area (Å²) >= 11 is 30.9. The average molecular weight is 1030 g/mol. The van der Waals surface area contributed by atoms with E-state index in [1.165, 1.54) is 24.3 Å². The standard InChI is InChI=1S/C23H18Cl3FN2O.C23H19Cl2FN2O2.Cl2OS/c24-16-8-11-20(19(25)13-16)29-22-15(12-14-6-9-17(27)10-7-14)4-2-1-3-5-18(22)21(28-29)23(26)30;24-16-8-11-20(19(25)13-16)28-22-15(12-14-6-9-17(26)10-7-14)4-2-1-3-5-18(22)21(27-28)23(29)30;1-4(2)3/h6-13H,1-5H2;6-13H,1-5H2,(H,29,30);/b2*15-12+;. The number of nitrogens with zero attached hydrogens (tertiary/aromatic N) is 4. The normalized spacial score (nSPS) is 15.1. The van der Waals surface area contributed by atoms with E-state index in [9.17, 15) is 23.5 Å². The Hall–Kier alpha value is -4.04. The lowest BCUT2D eigenvalue weighted by Crippen LogP contribution is -2.06. The number of rotatable bonds is 6. The molecule has 4 aromatic carbocycles. The fraction of sp³-hybridized carbons (Fsp3) is 0.217. The molecular weight excluding hydrogens is 991 g/mol. The van der Waals surface area contributed by atoms with Crippen molar-refractivity contribution < 1.29 is 27.7 Å². The summed E-state index contributed by atoms with van der Waals surface area (Å²) in [4.78, 5) is 24.1. The predicted octanol–water partition coefficient (Wildman–Crippen LogP) is 15.1. The number of aromatic carboxylic acids is 1. The third-order valence-electron chi connectivity index (χ3n) is 10.4. The van der Waals surface area contributed by atoms with Gasteiger partial charge in [0.1, 0.15) is 17.3 Å². The van der Waals surface area contributed by atoms with E-state index < -0.39 is 20.4 Å². The minimum Gasteiger partial charge on any atom is -0.476 e. The van der Waals surface area contributed by atoms with E-state index in [4.69, 9.17) is 62.2 Å². The molecule has 0 fully saturated rings. The Kier molecular flexibility index (Phi) is 17.7. The van der Waals surface area contributed by atoms with Crippen LogP contribution in [0.4, 0.5) is 8.78 Å². The molecule has 0 unspecified atom stereocenters. The molecule has 0 radical (unpaired) electrons. The molecule has 6 aromatic rings. The number of halogens is 9. The number of aromatic nitrogens is 4. The highest BCUT2D eigenvalue weighted by Gasteiger charge is 2.29. The zero-order chi connectivity index (χ0) is 46.1. The van der Waals surface area contributed by atoms with Crippen LogP contribution in [0, 0.1) is 11.6 Å². The Morgan fingerprint density at radius 1 is 0.594 bits per heavy atom. The minimum atomic E-state index is -1.67. The van der Waals surface area contributed by atoms with Gasteiger partial charge in [0.2, 0.25) is 9.23 Å². The van der Waals surface area contributed by atoms with Gasteiger partial charge in [-0.15, -0.1) is 0 Å². The third-order valence-corrected chi connectivity index (χ3v) is 11.7. The van der Waals surface area contributed by atoms with Gasteiger partial charge in [0.15, 0.2) is 5.69 Å². The quantitative estimate of drug-likeness (QED) is 0.167. The van der Waals surface area contributed by atoms with Crippen LogP contribution >= 0.6 is 79.4 Å². The van der Waals surface area contributed by atoms with Crippen LogP contribution in [-0.4, -0.2) is 40.1 Å². The number of allylic oxidation sites excluding steroid dienone is 2. The molecule has 0 atom stereocenters. The Morgan fingerprint density at radius 3 is 1.34 bits per heavy atom. The number of hydrogen-bond acceptors (Lipinski definition) is 5. The van der Waals surface area contributed by atoms with E-state index in [0.29, 0.717) is 49.9 Å². The molecule has 2 aromatic heterocycles. The smallest absolute Gasteiger partial charge is 0.356 e. The molecule has 2 aliphatic rings. The summed E-state index contributed by atoms with van der Waals surface area (Å²) in [6.07, 6.45) is 12.6. The molecule has 64 heavy (non-hydrogen) atoms. The van der Waals surface area contributed by atoms with Gasteiger partial charge in [0.05, 0.1) is 32.8 Å². The molecule has 18 heteroatoms. The van der Waals surface area contributed by atoms with Gasteiger partial charge in [0.25, 0.3) is 5.24 Å². The number of fused-ring (bicyclic) bond motifs is 2. The zero-order valence-electron chi connectivity index (χ0n) is 33.6. The highest BCUT2D eigenvalue weighted by Crippen LogP contribution is 2.38. The van der Waals surface area contributed by atoms with Crippen LogP contribution in [0.15, 0.2) is 84.9 Å². The second-order valence-corrected chi connectivity index (χ2v) is 19.2. The summed E-state index contributed by atoms with van der Waals surface area (Å²) in [5.41, 5.74) is 8.16. The maximum absolute atomic E-state index is 13.4. The lowest BCUT2D eigenvalue weighted by molar-refractivity contribution is 0.0688. The summed E-state index contributed by atoms with van der Waals surface area (Å²) in [6, 6.07) is 22.7. The molecule has 0 saturated heterocycles. The molecule has 1 N–H and O–H groups in total. The van der Waals surface area contributed by atoms with Crippen molar-refractivity contribution in [3.63, 3.8) is 0 Å². The van der Waals surface area contributed by atoms with E-state index >= 15 is 0 Å². The van der Waals surface area contributed by atoms with Gasteiger partial charge in [-0.25, -0.2) is 27.1 Å². The second kappa shape index (κ2) is 22.9. The molecule has 0 spiro atoms. The third kappa shape index (κ3) is 12.6. The topological polar surface area (TPSA) is 107 Å². The van der Waals surface area contributed by atoms with Crippen molar-refractivity contribution in [2.24, 2.45) is 0 Å². The number of benzene rings is 4. The number of carbonyl (C=O) groups excluding carboxylic acids is 1. The summed E-state index contributed by atoms with van der Waals surface area (Å²) in [5.74, 6) is -1.66. The lowest BCUT2D eigenvalue weighted by atomic mass is 9.91. The van der Waals surface area contributed by atoms with Gasteiger partial charge >= 0.3 is 5.97 Å². The van der Waals surface area contributed by atoms with E-state index in [-0.39, 0.29) is 23.0 Å². The van der Waals surface area contributed by atoms with Crippen LogP contribution in [-0.2, 0) is 22.1 Å². The zero-order valence-corrected chi connectivity index (χ0v) is 39.7. The van der Waals surface area contributed by atoms with E-state index in [1.807, 2.05) is 12.2 Å². The summed E-state index contributed by atoms with van der Waals surface area (Å²) in [6.45, 7) is 0. The molecule has 2 heterocycles. The highest BCUT2D eigenvalue weighted by molar-refractivity contribution is 8.26. The van der Waals surface area contributed by atoms with Crippen molar-refractivity contribution >= 4 is 123 Å². The van der Waals surface area contributed by atoms with Crippen LogP contribution in [0.3, 0.4) is 0 Å². The van der Waals surface area contributed by atoms with Crippen molar-refractivity contribution in [1.82, 2.24) is 19.6 Å². The average Bonchev–Trinajstić information content (AvgIpc) is 3.78. The van der Waals surface area contributed by atoms with E-state index in [2.05, 4.69) is 31.6 Å². The number of carbonyl (C=O) groups is 2. The van der Waals surface area contributed by atoms with Crippen LogP contribution in [0.25, 0.3) is 34.7 Å². The van der Waals surface area contributed by atoms with Gasteiger partial charge in [0, 0.05) is 42.5 Å². The maximum Gasteiger partial charge on any atom is 0.356 e. The Morgan fingerprint density at radius 2 is 0.969 bits per heavy atom. The summed E-state index contributed by atoms with van der Waals surface area (Å²) in [5, 5.41) is 20.0. The Labute approximate surface area is 404 Å². The first-order valence-electron chi connectivity index (χ1n) is 19.9. The summed E-state index contributed by atoms with van der Waals surface area (Å²) < 4.78 is 39.1. The Balaban J connectivity index is 0.000000196. The molecule has 8 rings (SSSR count). The molecule has 0 saturated carbocycles. The van der Waals surface area contributed by atoms with Gasteiger partial charge in [-0.3, -0.25) is 4.79 Å². The predicted molar refractivity (Wildman–Crippen MR) is 257 cm³/mol. The first-order chi connectivity index (χ1) is 30.6. The van der Waals surface area contributed by atoms with Gasteiger partial charge in [-0.05, 0) is 158 Å². The van der Waals surface area contributed by atoms with Gasteiger partial charge < -0.3 is 5.11 Å². The van der Waals surface area contributed by atoms with Crippen molar-refractivity contribution in [1.29, 1.82) is 0 Å². The maximum atomic E-state index is 13.4. The van der Waals surface area contributed by atoms with E-state index in [0.717, 1.165) is 90.6 Å². The largest absolute Gasteiger partial charge is 0.476 e. The van der Waals surface area contributed by atoms with Gasteiger partial charge in [-0.1, -0.05) is 83.5 Å². The van der Waals surface area contributed by atoms with Crippen molar-refractivity contribution in [2.45, 2.75) is 64.2 Å². The molecule has 0 amide bonds. The van der Waals surface area contributed by atoms with Crippen molar-refractivity contribution in [3.05, 3.63) is 162 Å². The van der Waals surface area contributed by atoms with Crippen LogP contribution in [0.2, 0.25) is 20.1 Å². The molecule has 0 bridgehead atoms. The monoisotopic (exact) mass is 1020 g/mol. The fourth-order valence-corrected chi connectivity index (χ4v) is 8.77. The lowest BCUT2D eigenvalue weighted by Gasteiger charge is -2.17. The molecule has 334 valence electrons. The van der Waals surface area contributed by atoms with Crippen LogP contribution < -0.4 is 0 Å². The number of carboxylic acids is 1. The highest BCUT2D eigenvalue weighted by atomic mass is 36.0. The first kappa shape index (κ1) is 49.4. The molecule has 2 aliphatic carbocycles. The van der Waals surface area contributed by atoms with Crippen LogP contribution in [0.1, 0.15) is 106 Å². The second-order valence-electron chi connectivity index (χ2n) is 14.7. The SMILES string of the molecule is O=C(Cl)c1nn(-c2ccc(Cl)cc2Cl)c2c1CCCCC/C2=C\c1ccc(F)cc1.O=C(O)c1nn(-c2ccc(Cl)cc2Cl)c2c1CCCCC/C2=C\c1ccc(F)cc1.O=S(Cl)Cl. The van der Waals surface area contributed by atoms with Crippen molar-refractivity contribution in [2.75, 3.05) is 0 Å². The minimum absolute atomic E-state index is 0.0305. The molecule has 8 nitrogen and oxygen atoms in total. The van der Waals surface area contributed by atoms with E-state index in [1.54, 1.807) is 70.0 Å². The number of hydrogen-bond donors (Lipinski definition) is 1. The molecule has 0 aliphatic heterocycles. The Bertz CT molecular complexity index is 2570. The number of carboxylic acid groups (broad SMARTS) is 1. The van der Waals surface area contributed by atoms with Crippen molar-refractivity contribution in [3.8, 4) is 11.4 Å².